The molecule has 208 valence electrons. The Bertz CT molecular complexity index is 1380. The Balaban J connectivity index is 1.27. The van der Waals surface area contributed by atoms with Gasteiger partial charge in [0.05, 0.1) is 29.4 Å². The predicted octanol–water partition coefficient (Wildman–Crippen LogP) is 4.21. The largest absolute Gasteiger partial charge is 0.371 e. The van der Waals surface area contributed by atoms with Gasteiger partial charge in [0, 0.05) is 49.8 Å². The number of carbonyl (C=O) groups is 3. The minimum Gasteiger partial charge on any atom is -0.371 e. The van der Waals surface area contributed by atoms with Gasteiger partial charge in [-0.15, -0.1) is 0 Å². The average molecular weight is 561 g/mol. The van der Waals surface area contributed by atoms with Crippen LogP contribution in [0.25, 0.3) is 0 Å². The molecule has 2 aliphatic rings. The van der Waals surface area contributed by atoms with Crippen LogP contribution in [0.1, 0.15) is 41.4 Å². The molecule has 1 atom stereocenters. The van der Waals surface area contributed by atoms with Gasteiger partial charge in [-0.25, -0.2) is 4.79 Å². The lowest BCUT2D eigenvalue weighted by Gasteiger charge is -2.29. The van der Waals surface area contributed by atoms with Crippen LogP contribution in [0.3, 0.4) is 0 Å². The van der Waals surface area contributed by atoms with E-state index in [0.717, 1.165) is 48.6 Å². The number of hydrogen-bond donors (Lipinski definition) is 2. The van der Waals surface area contributed by atoms with E-state index in [9.17, 15) is 14.4 Å². The molecule has 5 rings (SSSR count). The normalized spacial score (nSPS) is 16.8. The minimum absolute atomic E-state index is 0.168. The molecule has 40 heavy (non-hydrogen) atoms. The first-order valence-corrected chi connectivity index (χ1v) is 13.9. The van der Waals surface area contributed by atoms with E-state index >= 15 is 0 Å². The van der Waals surface area contributed by atoms with Gasteiger partial charge in [0.1, 0.15) is 0 Å². The summed E-state index contributed by atoms with van der Waals surface area (Å²) in [7, 11) is 0. The van der Waals surface area contributed by atoms with Gasteiger partial charge in [-0.2, -0.15) is 0 Å². The third-order valence-corrected chi connectivity index (χ3v) is 7.67. The minimum atomic E-state index is -0.377. The zero-order chi connectivity index (χ0) is 28.1. The standard InChI is InChI=1S/C30H33ClN6O3/c1-21-19-37(29(39)25-12-11-24(16-26(25)31)35-14-6-7-15-35)27-10-3-2-8-22(27)20-36(21)30(40)34-18-28(38)33-17-23-9-4-5-13-32-23/h2-5,8-13,16,21H,6-7,14-15,17-20H2,1H3,(H,33,38)(H,34,40)/t21-/m1/s1. The van der Waals surface area contributed by atoms with Gasteiger partial charge in [-0.3, -0.25) is 14.6 Å². The first-order valence-electron chi connectivity index (χ1n) is 13.6. The Morgan fingerprint density at radius 2 is 1.77 bits per heavy atom. The van der Waals surface area contributed by atoms with Crippen LogP contribution in [0.4, 0.5) is 16.2 Å². The van der Waals surface area contributed by atoms with Crippen molar-refractivity contribution in [2.75, 3.05) is 36.0 Å². The lowest BCUT2D eigenvalue weighted by Crippen LogP contribution is -2.50. The van der Waals surface area contributed by atoms with Crippen LogP contribution >= 0.6 is 11.6 Å². The summed E-state index contributed by atoms with van der Waals surface area (Å²) in [5.74, 6) is -0.529. The molecule has 1 fully saturated rings. The summed E-state index contributed by atoms with van der Waals surface area (Å²) in [6.45, 7) is 4.56. The summed E-state index contributed by atoms with van der Waals surface area (Å²) >= 11 is 6.65. The molecule has 2 N–H and O–H groups in total. The first kappa shape index (κ1) is 27.5. The molecule has 0 aliphatic carbocycles. The summed E-state index contributed by atoms with van der Waals surface area (Å²) < 4.78 is 0. The SMILES string of the molecule is C[C@@H]1CN(C(=O)c2ccc(N3CCCC3)cc2Cl)c2ccccc2CN1C(=O)NCC(=O)NCc1ccccn1. The fraction of sp³-hybridized carbons (Fsp3) is 0.333. The molecule has 1 saturated heterocycles. The maximum atomic E-state index is 13.8. The lowest BCUT2D eigenvalue weighted by atomic mass is 10.1. The van der Waals surface area contributed by atoms with Gasteiger partial charge in [-0.05, 0) is 61.7 Å². The van der Waals surface area contributed by atoms with Crippen molar-refractivity contribution >= 4 is 40.8 Å². The van der Waals surface area contributed by atoms with Gasteiger partial charge < -0.3 is 25.3 Å². The molecular formula is C30H33ClN6O3. The second-order valence-electron chi connectivity index (χ2n) is 10.1. The van der Waals surface area contributed by atoms with Gasteiger partial charge in [-0.1, -0.05) is 35.9 Å². The van der Waals surface area contributed by atoms with E-state index in [1.165, 1.54) is 0 Å². The Kier molecular flexibility index (Phi) is 8.50. The highest BCUT2D eigenvalue weighted by Gasteiger charge is 2.32. The molecule has 3 aromatic rings. The molecule has 1 aromatic heterocycles. The Labute approximate surface area is 239 Å². The molecule has 10 heteroatoms. The highest BCUT2D eigenvalue weighted by molar-refractivity contribution is 6.35. The van der Waals surface area contributed by atoms with Crippen molar-refractivity contribution in [2.24, 2.45) is 0 Å². The predicted molar refractivity (Wildman–Crippen MR) is 156 cm³/mol. The molecule has 0 bridgehead atoms. The maximum Gasteiger partial charge on any atom is 0.318 e. The fourth-order valence-corrected chi connectivity index (χ4v) is 5.43. The van der Waals surface area contributed by atoms with E-state index in [1.807, 2.05) is 55.5 Å². The van der Waals surface area contributed by atoms with E-state index in [1.54, 1.807) is 28.1 Å². The van der Waals surface area contributed by atoms with Crippen molar-refractivity contribution in [2.45, 2.75) is 38.9 Å². The van der Waals surface area contributed by atoms with Crippen LogP contribution in [0.2, 0.25) is 5.02 Å². The van der Waals surface area contributed by atoms with Crippen molar-refractivity contribution < 1.29 is 14.4 Å². The highest BCUT2D eigenvalue weighted by atomic mass is 35.5. The van der Waals surface area contributed by atoms with E-state index in [-0.39, 0.29) is 43.5 Å². The van der Waals surface area contributed by atoms with E-state index in [4.69, 9.17) is 11.6 Å². The van der Waals surface area contributed by atoms with Crippen molar-refractivity contribution in [1.82, 2.24) is 20.5 Å². The number of nitrogens with one attached hydrogen (secondary N) is 2. The number of amides is 4. The zero-order valence-electron chi connectivity index (χ0n) is 22.5. The quantitative estimate of drug-likeness (QED) is 0.471. The molecule has 2 aromatic carbocycles. The van der Waals surface area contributed by atoms with E-state index in [2.05, 4.69) is 20.5 Å². The second-order valence-corrected chi connectivity index (χ2v) is 10.5. The number of hydrogen-bond acceptors (Lipinski definition) is 5. The summed E-state index contributed by atoms with van der Waals surface area (Å²) in [5.41, 5.74) is 3.75. The number of para-hydroxylation sites is 1. The van der Waals surface area contributed by atoms with Gasteiger partial charge in [0.15, 0.2) is 0 Å². The summed E-state index contributed by atoms with van der Waals surface area (Å²) in [4.78, 5) is 49.2. The molecule has 0 unspecified atom stereocenters. The molecule has 2 aliphatic heterocycles. The highest BCUT2D eigenvalue weighted by Crippen LogP contribution is 2.32. The number of aromatic nitrogens is 1. The van der Waals surface area contributed by atoms with Crippen LogP contribution in [0.5, 0.6) is 0 Å². The Hall–Kier alpha value is -4.11. The summed E-state index contributed by atoms with van der Waals surface area (Å²) in [6, 6.07) is 17.9. The number of benzene rings is 2. The summed E-state index contributed by atoms with van der Waals surface area (Å²) in [6.07, 6.45) is 3.97. The monoisotopic (exact) mass is 560 g/mol. The average Bonchev–Trinajstić information content (AvgIpc) is 3.47. The van der Waals surface area contributed by atoms with Crippen LogP contribution in [0.15, 0.2) is 66.9 Å². The molecular weight excluding hydrogens is 528 g/mol. The first-order chi connectivity index (χ1) is 19.4. The number of pyridine rings is 1. The summed E-state index contributed by atoms with van der Waals surface area (Å²) in [5, 5.41) is 5.89. The lowest BCUT2D eigenvalue weighted by molar-refractivity contribution is -0.120. The van der Waals surface area contributed by atoms with Gasteiger partial charge in [0.25, 0.3) is 5.91 Å². The molecule has 0 radical (unpaired) electrons. The fourth-order valence-electron chi connectivity index (χ4n) is 5.18. The van der Waals surface area contributed by atoms with Crippen molar-refractivity contribution in [3.05, 3.63) is 88.7 Å². The van der Waals surface area contributed by atoms with E-state index in [0.29, 0.717) is 17.1 Å². The second kappa shape index (κ2) is 12.4. The topological polar surface area (TPSA) is 97.9 Å². The third kappa shape index (κ3) is 6.20. The van der Waals surface area contributed by atoms with Crippen LogP contribution < -0.4 is 20.4 Å². The van der Waals surface area contributed by atoms with Crippen LogP contribution in [-0.2, 0) is 17.9 Å². The Morgan fingerprint density at radius 3 is 2.52 bits per heavy atom. The number of fused-ring (bicyclic) bond motifs is 1. The van der Waals surface area contributed by atoms with Crippen molar-refractivity contribution in [3.63, 3.8) is 0 Å². The van der Waals surface area contributed by atoms with Crippen molar-refractivity contribution in [1.29, 1.82) is 0 Å². The van der Waals surface area contributed by atoms with Gasteiger partial charge in [0.2, 0.25) is 5.91 Å². The Morgan fingerprint density at radius 1 is 1.00 bits per heavy atom. The number of anilines is 2. The smallest absolute Gasteiger partial charge is 0.318 e. The number of halogens is 1. The van der Waals surface area contributed by atoms with Gasteiger partial charge >= 0.3 is 6.03 Å². The third-order valence-electron chi connectivity index (χ3n) is 7.36. The molecule has 3 heterocycles. The molecule has 0 saturated carbocycles. The molecule has 0 spiro atoms. The number of rotatable bonds is 6. The van der Waals surface area contributed by atoms with E-state index < -0.39 is 0 Å². The van der Waals surface area contributed by atoms with Crippen molar-refractivity contribution in [3.8, 4) is 0 Å². The number of carbonyl (C=O) groups excluding carboxylic acids is 3. The maximum absolute atomic E-state index is 13.8. The van der Waals surface area contributed by atoms with Crippen LogP contribution in [-0.4, -0.2) is 60.0 Å². The van der Waals surface area contributed by atoms with Crippen LogP contribution in [0, 0.1) is 0 Å². The zero-order valence-corrected chi connectivity index (χ0v) is 23.2. The molecule has 9 nitrogen and oxygen atoms in total. The molecule has 4 amide bonds. The number of nitrogens with zero attached hydrogens (tertiary/aromatic N) is 4. The number of urea groups is 1.